The normalized spacial score (nSPS) is 12.9. The fourth-order valence-electron chi connectivity index (χ4n) is 1.35. The SMILES string of the molecule is CN(C)CC(O)CNc1cc(Br)ccc1Br. The third-order valence-corrected chi connectivity index (χ3v) is 3.22. The zero-order chi connectivity index (χ0) is 12.1. The molecule has 0 heterocycles. The molecular weight excluding hydrogens is 336 g/mol. The Labute approximate surface area is 113 Å². The molecule has 1 aromatic rings. The van der Waals surface area contributed by atoms with Crippen LogP contribution in [-0.2, 0) is 0 Å². The smallest absolute Gasteiger partial charge is 0.0838 e. The minimum absolute atomic E-state index is 0.374. The average molecular weight is 352 g/mol. The number of benzene rings is 1. The summed E-state index contributed by atoms with van der Waals surface area (Å²) in [4.78, 5) is 1.96. The van der Waals surface area contributed by atoms with E-state index < -0.39 is 0 Å². The Morgan fingerprint density at radius 1 is 1.38 bits per heavy atom. The lowest BCUT2D eigenvalue weighted by atomic mass is 10.3. The predicted octanol–water partition coefficient (Wildman–Crippen LogP) is 2.55. The van der Waals surface area contributed by atoms with Crippen LogP contribution in [0.3, 0.4) is 0 Å². The largest absolute Gasteiger partial charge is 0.390 e. The standard InChI is InChI=1S/C11H16Br2N2O/c1-15(2)7-9(16)6-14-11-5-8(12)3-4-10(11)13/h3-5,9,14,16H,6-7H2,1-2H3. The molecule has 5 heteroatoms. The molecule has 2 N–H and O–H groups in total. The van der Waals surface area contributed by atoms with Gasteiger partial charge in [0, 0.05) is 27.7 Å². The van der Waals surface area contributed by atoms with Crippen LogP contribution in [0.15, 0.2) is 27.1 Å². The van der Waals surface area contributed by atoms with Crippen LogP contribution < -0.4 is 5.32 Å². The number of anilines is 1. The molecule has 0 spiro atoms. The van der Waals surface area contributed by atoms with Gasteiger partial charge in [-0.3, -0.25) is 0 Å². The zero-order valence-electron chi connectivity index (χ0n) is 9.37. The molecule has 0 radical (unpaired) electrons. The molecule has 0 aromatic heterocycles. The van der Waals surface area contributed by atoms with Crippen LogP contribution in [0.4, 0.5) is 5.69 Å². The molecule has 1 aromatic carbocycles. The Bertz CT molecular complexity index is 345. The van der Waals surface area contributed by atoms with Crippen molar-refractivity contribution in [3.8, 4) is 0 Å². The van der Waals surface area contributed by atoms with Gasteiger partial charge in [0.05, 0.1) is 6.10 Å². The van der Waals surface area contributed by atoms with Crippen molar-refractivity contribution in [2.75, 3.05) is 32.5 Å². The van der Waals surface area contributed by atoms with Crippen molar-refractivity contribution < 1.29 is 5.11 Å². The highest BCUT2D eigenvalue weighted by atomic mass is 79.9. The highest BCUT2D eigenvalue weighted by Gasteiger charge is 2.06. The van der Waals surface area contributed by atoms with E-state index in [1.165, 1.54) is 0 Å². The summed E-state index contributed by atoms with van der Waals surface area (Å²) in [5, 5.41) is 12.9. The maximum atomic E-state index is 9.71. The second kappa shape index (κ2) is 6.59. The second-order valence-corrected chi connectivity index (χ2v) is 5.69. The molecule has 1 rings (SSSR count). The Morgan fingerprint density at radius 3 is 2.69 bits per heavy atom. The number of nitrogens with one attached hydrogen (secondary N) is 1. The van der Waals surface area contributed by atoms with Gasteiger partial charge >= 0.3 is 0 Å². The van der Waals surface area contributed by atoms with E-state index in [0.717, 1.165) is 14.6 Å². The molecule has 1 unspecified atom stereocenters. The number of hydrogen-bond acceptors (Lipinski definition) is 3. The first-order chi connectivity index (χ1) is 7.49. The van der Waals surface area contributed by atoms with Gasteiger partial charge in [0.25, 0.3) is 0 Å². The summed E-state index contributed by atoms with van der Waals surface area (Å²) in [6.07, 6.45) is -0.374. The number of halogens is 2. The van der Waals surface area contributed by atoms with Gasteiger partial charge in [-0.25, -0.2) is 0 Å². The van der Waals surface area contributed by atoms with Gasteiger partial charge in [0.1, 0.15) is 0 Å². The zero-order valence-corrected chi connectivity index (χ0v) is 12.5. The van der Waals surface area contributed by atoms with Gasteiger partial charge in [-0.2, -0.15) is 0 Å². The van der Waals surface area contributed by atoms with Crippen molar-refractivity contribution >= 4 is 37.5 Å². The monoisotopic (exact) mass is 350 g/mol. The van der Waals surface area contributed by atoms with E-state index in [4.69, 9.17) is 0 Å². The van der Waals surface area contributed by atoms with E-state index in [1.54, 1.807) is 0 Å². The summed E-state index contributed by atoms with van der Waals surface area (Å²) in [6.45, 7) is 1.19. The van der Waals surface area contributed by atoms with Crippen LogP contribution in [0, 0.1) is 0 Å². The van der Waals surface area contributed by atoms with Gasteiger partial charge in [0.15, 0.2) is 0 Å². The first-order valence-electron chi connectivity index (χ1n) is 5.00. The summed E-state index contributed by atoms with van der Waals surface area (Å²) in [5.41, 5.74) is 0.979. The summed E-state index contributed by atoms with van der Waals surface area (Å²) in [7, 11) is 3.89. The molecule has 3 nitrogen and oxygen atoms in total. The first-order valence-corrected chi connectivity index (χ1v) is 6.59. The molecule has 0 fully saturated rings. The Balaban J connectivity index is 2.51. The van der Waals surface area contributed by atoms with Gasteiger partial charge in [-0.15, -0.1) is 0 Å². The van der Waals surface area contributed by atoms with Gasteiger partial charge in [-0.1, -0.05) is 15.9 Å². The average Bonchev–Trinajstić information content (AvgIpc) is 2.18. The third kappa shape index (κ3) is 4.82. The minimum atomic E-state index is -0.374. The predicted molar refractivity (Wildman–Crippen MR) is 74.9 cm³/mol. The minimum Gasteiger partial charge on any atom is -0.390 e. The third-order valence-electron chi connectivity index (χ3n) is 2.03. The van der Waals surface area contributed by atoms with E-state index in [0.29, 0.717) is 13.1 Å². The lowest BCUT2D eigenvalue weighted by Gasteiger charge is -2.17. The fourth-order valence-corrected chi connectivity index (χ4v) is 2.09. The van der Waals surface area contributed by atoms with E-state index in [-0.39, 0.29) is 6.10 Å². The van der Waals surface area contributed by atoms with Crippen LogP contribution in [0.5, 0.6) is 0 Å². The van der Waals surface area contributed by atoms with Crippen molar-refractivity contribution in [3.63, 3.8) is 0 Å². The number of aliphatic hydroxyl groups is 1. The van der Waals surface area contributed by atoms with Crippen LogP contribution in [0.1, 0.15) is 0 Å². The molecule has 0 amide bonds. The summed E-state index contributed by atoms with van der Waals surface area (Å²) in [6, 6.07) is 5.91. The number of likely N-dealkylation sites (N-methyl/N-ethyl adjacent to an activating group) is 1. The molecule has 0 aliphatic rings. The van der Waals surface area contributed by atoms with Gasteiger partial charge in [0.2, 0.25) is 0 Å². The van der Waals surface area contributed by atoms with Crippen LogP contribution >= 0.6 is 31.9 Å². The van der Waals surface area contributed by atoms with E-state index in [2.05, 4.69) is 37.2 Å². The van der Waals surface area contributed by atoms with Crippen molar-refractivity contribution in [2.24, 2.45) is 0 Å². The Kier molecular flexibility index (Phi) is 5.75. The molecule has 90 valence electrons. The highest BCUT2D eigenvalue weighted by Crippen LogP contribution is 2.25. The maximum Gasteiger partial charge on any atom is 0.0838 e. The summed E-state index contributed by atoms with van der Waals surface area (Å²) < 4.78 is 2.01. The molecule has 0 saturated carbocycles. The van der Waals surface area contributed by atoms with Crippen LogP contribution in [0.2, 0.25) is 0 Å². The second-order valence-electron chi connectivity index (χ2n) is 3.92. The van der Waals surface area contributed by atoms with Crippen LogP contribution in [-0.4, -0.2) is 43.3 Å². The molecule has 0 aliphatic heterocycles. The van der Waals surface area contributed by atoms with Crippen molar-refractivity contribution in [2.45, 2.75) is 6.10 Å². The number of hydrogen-bond donors (Lipinski definition) is 2. The Morgan fingerprint density at radius 2 is 2.06 bits per heavy atom. The van der Waals surface area contributed by atoms with Crippen LogP contribution in [0.25, 0.3) is 0 Å². The number of nitrogens with zero attached hydrogens (tertiary/aromatic N) is 1. The van der Waals surface area contributed by atoms with E-state index in [9.17, 15) is 5.11 Å². The quantitative estimate of drug-likeness (QED) is 0.855. The van der Waals surface area contributed by atoms with E-state index >= 15 is 0 Å². The van der Waals surface area contributed by atoms with Gasteiger partial charge < -0.3 is 15.3 Å². The highest BCUT2D eigenvalue weighted by molar-refractivity contribution is 9.11. The lowest BCUT2D eigenvalue weighted by Crippen LogP contribution is -2.31. The number of aliphatic hydroxyl groups excluding tert-OH is 1. The lowest BCUT2D eigenvalue weighted by molar-refractivity contribution is 0.148. The molecular formula is C11H16Br2N2O. The molecule has 0 aliphatic carbocycles. The first kappa shape index (κ1) is 14.0. The number of rotatable bonds is 5. The van der Waals surface area contributed by atoms with Crippen molar-refractivity contribution in [1.29, 1.82) is 0 Å². The van der Waals surface area contributed by atoms with E-state index in [1.807, 2.05) is 37.2 Å². The van der Waals surface area contributed by atoms with Crippen molar-refractivity contribution in [3.05, 3.63) is 27.1 Å². The molecule has 1 atom stereocenters. The van der Waals surface area contributed by atoms with Crippen molar-refractivity contribution in [1.82, 2.24) is 4.90 Å². The fraction of sp³-hybridized carbons (Fsp3) is 0.455. The van der Waals surface area contributed by atoms with Gasteiger partial charge in [-0.05, 0) is 48.2 Å². The molecule has 16 heavy (non-hydrogen) atoms. The topological polar surface area (TPSA) is 35.5 Å². The maximum absolute atomic E-state index is 9.71. The summed E-state index contributed by atoms with van der Waals surface area (Å²) >= 11 is 6.87. The Hall–Kier alpha value is -0.100. The summed E-state index contributed by atoms with van der Waals surface area (Å²) in [5.74, 6) is 0. The molecule has 0 saturated heterocycles. The molecule has 0 bridgehead atoms.